The molecule has 0 bridgehead atoms. The molecule has 4 aromatic carbocycles. The fraction of sp³-hybridized carbons (Fsp3) is 0.194. The van der Waals surface area contributed by atoms with Gasteiger partial charge in [0.25, 0.3) is 0 Å². The lowest BCUT2D eigenvalue weighted by Gasteiger charge is -2.33. The van der Waals surface area contributed by atoms with Crippen LogP contribution < -0.4 is 10.1 Å². The van der Waals surface area contributed by atoms with Gasteiger partial charge in [-0.25, -0.2) is 4.79 Å². The number of hydrogen-bond donors (Lipinski definition) is 1. The zero-order valence-electron chi connectivity index (χ0n) is 20.5. The summed E-state index contributed by atoms with van der Waals surface area (Å²) in [4.78, 5) is 15.8. The smallest absolute Gasteiger partial charge is 0.322 e. The number of nitrogens with zero attached hydrogens (tertiary/aromatic N) is 1. The summed E-state index contributed by atoms with van der Waals surface area (Å²) in [6.07, 6.45) is 0. The lowest BCUT2D eigenvalue weighted by atomic mass is 9.96. The maximum atomic E-state index is 13.9. The molecule has 0 heterocycles. The van der Waals surface area contributed by atoms with Crippen molar-refractivity contribution in [3.63, 3.8) is 0 Å². The minimum atomic E-state index is -0.280. The second-order valence-corrected chi connectivity index (χ2v) is 8.87. The molecular formula is C31H32N2O2. The molecule has 0 spiro atoms. The van der Waals surface area contributed by atoms with E-state index in [0.29, 0.717) is 12.5 Å². The molecule has 35 heavy (non-hydrogen) atoms. The molecule has 0 saturated carbocycles. The third-order valence-corrected chi connectivity index (χ3v) is 6.16. The average Bonchev–Trinajstić information content (AvgIpc) is 2.90. The maximum Gasteiger partial charge on any atom is 0.322 e. The van der Waals surface area contributed by atoms with Crippen LogP contribution in [0.25, 0.3) is 0 Å². The summed E-state index contributed by atoms with van der Waals surface area (Å²) in [6, 6.07) is 35.7. The molecule has 4 rings (SSSR count). The van der Waals surface area contributed by atoms with E-state index < -0.39 is 0 Å². The Morgan fingerprint density at radius 1 is 0.743 bits per heavy atom. The van der Waals surface area contributed by atoms with Gasteiger partial charge in [-0.2, -0.15) is 0 Å². The van der Waals surface area contributed by atoms with Gasteiger partial charge in [-0.05, 0) is 40.8 Å². The van der Waals surface area contributed by atoms with Gasteiger partial charge >= 0.3 is 6.03 Å². The lowest BCUT2D eigenvalue weighted by molar-refractivity contribution is 0.193. The zero-order valence-corrected chi connectivity index (χ0v) is 20.5. The first-order valence-corrected chi connectivity index (χ1v) is 12.0. The SMILES string of the molecule is COc1ccccc1CN(C(=O)Nc1ccc(C(C)C)cc1)C(c1ccccc1)c1ccccc1. The molecule has 4 nitrogen and oxygen atoms in total. The zero-order chi connectivity index (χ0) is 24.6. The van der Waals surface area contributed by atoms with Crippen molar-refractivity contribution in [1.29, 1.82) is 0 Å². The minimum absolute atomic E-state index is 0.175. The predicted molar refractivity (Wildman–Crippen MR) is 143 cm³/mol. The van der Waals surface area contributed by atoms with Crippen molar-refractivity contribution in [1.82, 2.24) is 4.90 Å². The number of para-hydroxylation sites is 1. The summed E-state index contributed by atoms with van der Waals surface area (Å²) in [5, 5.41) is 3.13. The van der Waals surface area contributed by atoms with Crippen LogP contribution in [0.1, 0.15) is 48.1 Å². The van der Waals surface area contributed by atoms with Crippen LogP contribution in [0.4, 0.5) is 10.5 Å². The molecule has 0 aliphatic rings. The summed E-state index contributed by atoms with van der Waals surface area (Å²) >= 11 is 0. The van der Waals surface area contributed by atoms with Crippen LogP contribution >= 0.6 is 0 Å². The highest BCUT2D eigenvalue weighted by Crippen LogP contribution is 2.32. The first-order valence-electron chi connectivity index (χ1n) is 12.0. The molecule has 0 aliphatic heterocycles. The topological polar surface area (TPSA) is 41.6 Å². The van der Waals surface area contributed by atoms with Gasteiger partial charge in [-0.15, -0.1) is 0 Å². The molecule has 4 aromatic rings. The monoisotopic (exact) mass is 464 g/mol. The van der Waals surface area contributed by atoms with E-state index in [1.165, 1.54) is 5.56 Å². The normalized spacial score (nSPS) is 10.9. The summed E-state index contributed by atoms with van der Waals surface area (Å²) in [5.74, 6) is 1.19. The molecule has 0 saturated heterocycles. The van der Waals surface area contributed by atoms with E-state index in [1.54, 1.807) is 7.11 Å². The number of carbonyl (C=O) groups excluding carboxylic acids is 1. The number of amides is 2. The molecule has 0 fully saturated rings. The molecule has 2 amide bonds. The van der Waals surface area contributed by atoms with Crippen molar-refractivity contribution in [3.05, 3.63) is 131 Å². The Bertz CT molecular complexity index is 1180. The molecule has 0 unspecified atom stereocenters. The first-order chi connectivity index (χ1) is 17.1. The van der Waals surface area contributed by atoms with E-state index in [9.17, 15) is 4.79 Å². The van der Waals surface area contributed by atoms with Crippen LogP contribution in [0.2, 0.25) is 0 Å². The highest BCUT2D eigenvalue weighted by atomic mass is 16.5. The first kappa shape index (κ1) is 24.1. The number of anilines is 1. The van der Waals surface area contributed by atoms with Crippen molar-refractivity contribution in [2.24, 2.45) is 0 Å². The van der Waals surface area contributed by atoms with Gasteiger partial charge < -0.3 is 15.0 Å². The van der Waals surface area contributed by atoms with E-state index in [1.807, 2.05) is 77.7 Å². The summed E-state index contributed by atoms with van der Waals surface area (Å²) in [6.45, 7) is 4.70. The van der Waals surface area contributed by atoms with E-state index >= 15 is 0 Å². The quantitative estimate of drug-likeness (QED) is 0.291. The predicted octanol–water partition coefficient (Wildman–Crippen LogP) is 7.64. The fourth-order valence-corrected chi connectivity index (χ4v) is 4.27. The van der Waals surface area contributed by atoms with Gasteiger partial charge in [0.05, 0.1) is 19.7 Å². The third kappa shape index (κ3) is 5.90. The van der Waals surface area contributed by atoms with Gasteiger partial charge in [0.15, 0.2) is 0 Å². The third-order valence-electron chi connectivity index (χ3n) is 6.16. The summed E-state index contributed by atoms with van der Waals surface area (Å²) < 4.78 is 5.61. The number of rotatable bonds is 8. The molecule has 178 valence electrons. The number of benzene rings is 4. The van der Waals surface area contributed by atoms with Crippen LogP contribution in [0.3, 0.4) is 0 Å². The van der Waals surface area contributed by atoms with Crippen LogP contribution in [0.15, 0.2) is 109 Å². The van der Waals surface area contributed by atoms with E-state index in [2.05, 4.69) is 55.6 Å². The molecule has 4 heteroatoms. The number of ether oxygens (including phenoxy) is 1. The van der Waals surface area contributed by atoms with Gasteiger partial charge in [0, 0.05) is 11.3 Å². The van der Waals surface area contributed by atoms with Crippen molar-refractivity contribution in [2.75, 3.05) is 12.4 Å². The van der Waals surface area contributed by atoms with Crippen LogP contribution in [0, 0.1) is 0 Å². The highest BCUT2D eigenvalue weighted by molar-refractivity contribution is 5.90. The minimum Gasteiger partial charge on any atom is -0.496 e. The van der Waals surface area contributed by atoms with Crippen LogP contribution in [-0.4, -0.2) is 18.0 Å². The average molecular weight is 465 g/mol. The molecule has 0 atom stereocenters. The number of carbonyl (C=O) groups is 1. The summed E-state index contributed by atoms with van der Waals surface area (Å²) in [7, 11) is 1.66. The maximum absolute atomic E-state index is 13.9. The Morgan fingerprint density at radius 2 is 1.29 bits per heavy atom. The molecular weight excluding hydrogens is 432 g/mol. The molecule has 0 radical (unpaired) electrons. The lowest BCUT2D eigenvalue weighted by Crippen LogP contribution is -2.38. The number of methoxy groups -OCH3 is 1. The fourth-order valence-electron chi connectivity index (χ4n) is 4.27. The second kappa shape index (κ2) is 11.4. The Balaban J connectivity index is 1.75. The molecule has 0 aromatic heterocycles. The summed E-state index contributed by atoms with van der Waals surface area (Å²) in [5.41, 5.74) is 5.03. The highest BCUT2D eigenvalue weighted by Gasteiger charge is 2.28. The van der Waals surface area contributed by atoms with Crippen molar-refractivity contribution >= 4 is 11.7 Å². The Kier molecular flexibility index (Phi) is 7.84. The Hall–Kier alpha value is -4.05. The van der Waals surface area contributed by atoms with E-state index in [4.69, 9.17) is 4.74 Å². The number of nitrogens with one attached hydrogen (secondary N) is 1. The number of urea groups is 1. The van der Waals surface area contributed by atoms with E-state index in [0.717, 1.165) is 28.1 Å². The Morgan fingerprint density at radius 3 is 1.83 bits per heavy atom. The molecule has 1 N–H and O–H groups in total. The molecule has 0 aliphatic carbocycles. The van der Waals surface area contributed by atoms with Gasteiger partial charge in [0.1, 0.15) is 5.75 Å². The Labute approximate surface area is 208 Å². The van der Waals surface area contributed by atoms with Gasteiger partial charge in [-0.3, -0.25) is 0 Å². The largest absolute Gasteiger partial charge is 0.496 e. The van der Waals surface area contributed by atoms with Crippen LogP contribution in [-0.2, 0) is 6.54 Å². The van der Waals surface area contributed by atoms with Crippen molar-refractivity contribution in [2.45, 2.75) is 32.4 Å². The van der Waals surface area contributed by atoms with Crippen LogP contribution in [0.5, 0.6) is 5.75 Å². The van der Waals surface area contributed by atoms with Crippen molar-refractivity contribution < 1.29 is 9.53 Å². The standard InChI is InChI=1S/C31H32N2O2/c1-23(2)24-18-20-28(21-19-24)32-31(34)33(22-27-16-10-11-17-29(27)35-3)30(25-12-6-4-7-13-25)26-14-8-5-9-15-26/h4-21,23,30H,22H2,1-3H3,(H,32,34). The van der Waals surface area contributed by atoms with Gasteiger partial charge in [-0.1, -0.05) is 105 Å². The second-order valence-electron chi connectivity index (χ2n) is 8.87. The van der Waals surface area contributed by atoms with E-state index in [-0.39, 0.29) is 12.1 Å². The number of hydrogen-bond acceptors (Lipinski definition) is 2. The van der Waals surface area contributed by atoms with Gasteiger partial charge in [0.2, 0.25) is 0 Å². The van der Waals surface area contributed by atoms with Crippen molar-refractivity contribution in [3.8, 4) is 5.75 Å².